The van der Waals surface area contributed by atoms with E-state index in [1.165, 1.54) is 17.2 Å². The van der Waals surface area contributed by atoms with E-state index < -0.39 is 38.0 Å². The van der Waals surface area contributed by atoms with Crippen molar-refractivity contribution in [1.82, 2.24) is 19.5 Å². The molecule has 23 heavy (non-hydrogen) atoms. The Morgan fingerprint density at radius 1 is 1.39 bits per heavy atom. The third kappa shape index (κ3) is 2.01. The van der Waals surface area contributed by atoms with Crippen molar-refractivity contribution in [1.29, 1.82) is 0 Å². The van der Waals surface area contributed by atoms with Crippen LogP contribution in [-0.2, 0) is 13.8 Å². The number of phosphoric ester groups is 1. The van der Waals surface area contributed by atoms with Gasteiger partial charge >= 0.3 is 7.82 Å². The van der Waals surface area contributed by atoms with Gasteiger partial charge in [-0.05, 0) is 0 Å². The molecule has 3 heterocycles. The van der Waals surface area contributed by atoms with Crippen molar-refractivity contribution in [2.75, 3.05) is 5.73 Å². The van der Waals surface area contributed by atoms with Crippen LogP contribution < -0.4 is 5.73 Å². The maximum atomic E-state index is 10.9. The first-order valence-electron chi connectivity index (χ1n) is 6.46. The molecule has 2 fully saturated rings. The minimum absolute atomic E-state index is 0.146. The monoisotopic (exact) mass is 345 g/mol. The number of fused-ring (bicyclic) bond motifs is 2. The van der Waals surface area contributed by atoms with Crippen LogP contribution in [-0.4, -0.2) is 63.4 Å². The molecular weight excluding hydrogens is 333 g/mol. The molecule has 124 valence electrons. The molecule has 1 saturated heterocycles. The van der Waals surface area contributed by atoms with Gasteiger partial charge in [0.2, 0.25) is 0 Å². The number of phosphoric acid groups is 1. The number of nitrogen functional groups attached to an aromatic ring is 1. The Labute approximate surface area is 127 Å². The van der Waals surface area contributed by atoms with E-state index in [-0.39, 0.29) is 5.82 Å². The van der Waals surface area contributed by atoms with Crippen molar-refractivity contribution in [2.45, 2.75) is 30.1 Å². The van der Waals surface area contributed by atoms with Gasteiger partial charge in [0.25, 0.3) is 0 Å². The summed E-state index contributed by atoms with van der Waals surface area (Å²) in [5.41, 5.74) is 4.35. The van der Waals surface area contributed by atoms with Gasteiger partial charge in [0.05, 0.1) is 6.33 Å². The second-order valence-corrected chi connectivity index (χ2v) is 6.57. The lowest BCUT2D eigenvalue weighted by atomic mass is 10.1. The fourth-order valence-corrected chi connectivity index (χ4v) is 3.44. The van der Waals surface area contributed by atoms with Gasteiger partial charge < -0.3 is 30.5 Å². The first kappa shape index (κ1) is 14.9. The summed E-state index contributed by atoms with van der Waals surface area (Å²) in [4.78, 5) is 29.4. The Morgan fingerprint density at radius 2 is 2.13 bits per heavy atom. The van der Waals surface area contributed by atoms with E-state index in [0.717, 1.165) is 0 Å². The molecule has 13 heteroatoms. The maximum absolute atomic E-state index is 10.9. The molecule has 0 spiro atoms. The van der Waals surface area contributed by atoms with E-state index >= 15 is 0 Å². The number of hydrogen-bond donors (Lipinski definition) is 5. The van der Waals surface area contributed by atoms with Gasteiger partial charge in [-0.25, -0.2) is 19.5 Å². The summed E-state index contributed by atoms with van der Waals surface area (Å²) in [6.45, 7) is 0. The first-order valence-corrected chi connectivity index (χ1v) is 7.99. The van der Waals surface area contributed by atoms with Gasteiger partial charge in [-0.1, -0.05) is 0 Å². The highest BCUT2D eigenvalue weighted by Gasteiger charge is 2.79. The SMILES string of the molecule is Nc1ncnc2c1ncn2[C@@H]1O[C@@H]2C(OP(=O)(O)O)[C@]2(O)[C@H]1O. The van der Waals surface area contributed by atoms with E-state index in [4.69, 9.17) is 20.3 Å². The number of anilines is 1. The molecule has 2 aromatic heterocycles. The average Bonchev–Trinajstić information content (AvgIpc) is 2.78. The third-order valence-electron chi connectivity index (χ3n) is 4.02. The minimum Gasteiger partial charge on any atom is -0.385 e. The number of nitrogens with zero attached hydrogens (tertiary/aromatic N) is 4. The Kier molecular flexibility index (Phi) is 2.88. The van der Waals surface area contributed by atoms with Crippen LogP contribution in [0.3, 0.4) is 0 Å². The molecule has 1 aliphatic heterocycles. The van der Waals surface area contributed by atoms with Crippen molar-refractivity contribution in [3.63, 3.8) is 0 Å². The summed E-state index contributed by atoms with van der Waals surface area (Å²) in [5.74, 6) is 0.146. The predicted octanol–water partition coefficient (Wildman–Crippen LogP) is -2.11. The summed E-state index contributed by atoms with van der Waals surface area (Å²) in [5, 5.41) is 20.6. The Morgan fingerprint density at radius 3 is 2.74 bits per heavy atom. The van der Waals surface area contributed by atoms with Gasteiger partial charge in [-0.2, -0.15) is 0 Å². The average molecular weight is 345 g/mol. The van der Waals surface area contributed by atoms with Gasteiger partial charge in [0.1, 0.15) is 30.2 Å². The fourth-order valence-electron chi connectivity index (χ4n) is 2.86. The molecule has 0 radical (unpaired) electrons. The second kappa shape index (κ2) is 4.45. The molecule has 1 aliphatic carbocycles. The largest absolute Gasteiger partial charge is 0.470 e. The molecule has 6 N–H and O–H groups in total. The van der Waals surface area contributed by atoms with Gasteiger partial charge in [0, 0.05) is 0 Å². The van der Waals surface area contributed by atoms with E-state index in [9.17, 15) is 14.8 Å². The van der Waals surface area contributed by atoms with Crippen LogP contribution in [0.1, 0.15) is 6.23 Å². The molecule has 1 unspecified atom stereocenters. The van der Waals surface area contributed by atoms with Crippen LogP contribution in [0.4, 0.5) is 5.82 Å². The highest BCUT2D eigenvalue weighted by atomic mass is 31.2. The number of imidazole rings is 1. The number of nitrogens with two attached hydrogens (primary N) is 1. The fraction of sp³-hybridized carbons (Fsp3) is 0.500. The van der Waals surface area contributed by atoms with Crippen LogP contribution in [0.25, 0.3) is 11.2 Å². The highest BCUT2D eigenvalue weighted by molar-refractivity contribution is 7.46. The lowest BCUT2D eigenvalue weighted by Crippen LogP contribution is -2.37. The van der Waals surface area contributed by atoms with Crippen LogP contribution >= 0.6 is 7.82 Å². The zero-order chi connectivity index (χ0) is 16.6. The Hall–Kier alpha value is -1.66. The Bertz CT molecular complexity index is 838. The standard InChI is InChI=1S/C10H12N5O7P/c11-7-3-8(13-1-12-7)15(2-14-3)9-4(16)10(17)5(21-9)6(10)22-23(18,19)20/h1-2,4-6,9,16-17H,(H2,11,12,13)(H2,18,19,20)/t4-,5+,6?,9+,10-/m0/s1. The Balaban J connectivity index is 1.64. The van der Waals surface area contributed by atoms with Crippen LogP contribution in [0.5, 0.6) is 0 Å². The smallest absolute Gasteiger partial charge is 0.385 e. The van der Waals surface area contributed by atoms with E-state index in [2.05, 4.69) is 19.5 Å². The van der Waals surface area contributed by atoms with Crippen molar-refractivity contribution < 1.29 is 33.8 Å². The number of hydrogen-bond acceptors (Lipinski definition) is 9. The zero-order valence-electron chi connectivity index (χ0n) is 11.3. The molecular formula is C10H12N5O7P. The molecule has 2 aromatic rings. The third-order valence-corrected chi connectivity index (χ3v) is 4.52. The normalized spacial score (nSPS) is 36.3. The summed E-state index contributed by atoms with van der Waals surface area (Å²) >= 11 is 0. The quantitative estimate of drug-likeness (QED) is 0.383. The van der Waals surface area contributed by atoms with Crippen molar-refractivity contribution in [3.8, 4) is 0 Å². The lowest BCUT2D eigenvalue weighted by Gasteiger charge is -2.23. The molecule has 1 saturated carbocycles. The summed E-state index contributed by atoms with van der Waals surface area (Å²) in [6.07, 6.45) is -2.42. The number of aromatic nitrogens is 4. The molecule has 5 atom stereocenters. The molecule has 0 aromatic carbocycles. The minimum atomic E-state index is -4.82. The van der Waals surface area contributed by atoms with Crippen LogP contribution in [0.2, 0.25) is 0 Å². The van der Waals surface area contributed by atoms with Crippen molar-refractivity contribution in [2.24, 2.45) is 0 Å². The number of aliphatic hydroxyl groups excluding tert-OH is 1. The van der Waals surface area contributed by atoms with Crippen molar-refractivity contribution >= 4 is 24.8 Å². The molecule has 0 amide bonds. The topological polar surface area (TPSA) is 186 Å². The van der Waals surface area contributed by atoms with E-state index in [1.807, 2.05) is 0 Å². The highest BCUT2D eigenvalue weighted by Crippen LogP contribution is 2.59. The van der Waals surface area contributed by atoms with Crippen molar-refractivity contribution in [3.05, 3.63) is 12.7 Å². The van der Waals surface area contributed by atoms with Crippen LogP contribution in [0.15, 0.2) is 12.7 Å². The number of ether oxygens (including phenoxy) is 1. The van der Waals surface area contributed by atoms with Crippen LogP contribution in [0, 0.1) is 0 Å². The predicted molar refractivity (Wildman–Crippen MR) is 71.5 cm³/mol. The number of rotatable bonds is 3. The molecule has 4 rings (SSSR count). The lowest BCUT2D eigenvalue weighted by molar-refractivity contribution is -0.0927. The van der Waals surface area contributed by atoms with Gasteiger partial charge in [0.15, 0.2) is 23.3 Å². The maximum Gasteiger partial charge on any atom is 0.470 e. The van der Waals surface area contributed by atoms with E-state index in [0.29, 0.717) is 11.2 Å². The first-order chi connectivity index (χ1) is 10.7. The number of aliphatic hydroxyl groups is 2. The van der Waals surface area contributed by atoms with E-state index in [1.54, 1.807) is 0 Å². The molecule has 0 bridgehead atoms. The zero-order valence-corrected chi connectivity index (χ0v) is 12.2. The molecule has 2 aliphatic rings. The molecule has 12 nitrogen and oxygen atoms in total. The summed E-state index contributed by atoms with van der Waals surface area (Å²) in [7, 11) is -4.82. The summed E-state index contributed by atoms with van der Waals surface area (Å²) in [6, 6.07) is 0. The summed E-state index contributed by atoms with van der Waals surface area (Å²) < 4.78 is 22.1. The second-order valence-electron chi connectivity index (χ2n) is 5.38. The van der Waals surface area contributed by atoms with Gasteiger partial charge in [-0.3, -0.25) is 9.09 Å². The van der Waals surface area contributed by atoms with Gasteiger partial charge in [-0.15, -0.1) is 0 Å².